The Bertz CT molecular complexity index is 368. The number of anilines is 1. The number of carbonyl (C=O) groups excluding carboxylic acids is 2. The summed E-state index contributed by atoms with van der Waals surface area (Å²) >= 11 is 0. The first-order valence-electron chi connectivity index (χ1n) is 4.63. The smallest absolute Gasteiger partial charge is 0.332 e. The van der Waals surface area contributed by atoms with Crippen molar-refractivity contribution < 1.29 is 14.3 Å². The summed E-state index contributed by atoms with van der Waals surface area (Å²) in [4.78, 5) is 30.0. The standard InChI is InChI=1S/C9H12N4O3/c1-2-16-9(15)7(10)8(14)13-6-3-11-5-12-4-6/h3-5,7H,2,10H2,1H3,(H,13,14). The van der Waals surface area contributed by atoms with Crippen LogP contribution in [0.25, 0.3) is 0 Å². The molecule has 1 atom stereocenters. The molecule has 0 saturated carbocycles. The van der Waals surface area contributed by atoms with Crippen molar-refractivity contribution in [2.24, 2.45) is 5.73 Å². The number of amides is 1. The largest absolute Gasteiger partial charge is 0.464 e. The van der Waals surface area contributed by atoms with Gasteiger partial charge in [0.25, 0.3) is 5.91 Å². The molecule has 1 rings (SSSR count). The van der Waals surface area contributed by atoms with E-state index in [0.29, 0.717) is 5.69 Å². The fourth-order valence-corrected chi connectivity index (χ4v) is 0.923. The molecule has 7 heteroatoms. The lowest BCUT2D eigenvalue weighted by Gasteiger charge is -2.10. The summed E-state index contributed by atoms with van der Waals surface area (Å²) in [6, 6.07) is -1.35. The number of esters is 1. The van der Waals surface area contributed by atoms with Crippen LogP contribution in [0.3, 0.4) is 0 Å². The molecule has 86 valence electrons. The number of hydrogen-bond acceptors (Lipinski definition) is 6. The van der Waals surface area contributed by atoms with Crippen molar-refractivity contribution in [2.45, 2.75) is 13.0 Å². The van der Waals surface area contributed by atoms with Crippen molar-refractivity contribution in [3.63, 3.8) is 0 Å². The van der Waals surface area contributed by atoms with Gasteiger partial charge in [0.1, 0.15) is 6.33 Å². The van der Waals surface area contributed by atoms with Gasteiger partial charge in [0.05, 0.1) is 24.7 Å². The topological polar surface area (TPSA) is 107 Å². The lowest BCUT2D eigenvalue weighted by molar-refractivity contribution is -0.146. The molecule has 0 aliphatic heterocycles. The number of nitrogens with two attached hydrogens (primary N) is 1. The van der Waals surface area contributed by atoms with E-state index in [9.17, 15) is 9.59 Å². The van der Waals surface area contributed by atoms with Crippen molar-refractivity contribution in [2.75, 3.05) is 11.9 Å². The molecule has 0 radical (unpaired) electrons. The van der Waals surface area contributed by atoms with Gasteiger partial charge in [-0.3, -0.25) is 4.79 Å². The summed E-state index contributed by atoms with van der Waals surface area (Å²) < 4.78 is 4.61. The molecule has 0 fully saturated rings. The van der Waals surface area contributed by atoms with Gasteiger partial charge in [0.15, 0.2) is 6.04 Å². The average molecular weight is 224 g/mol. The minimum absolute atomic E-state index is 0.175. The third-order valence-electron chi connectivity index (χ3n) is 1.65. The van der Waals surface area contributed by atoms with E-state index in [1.165, 1.54) is 18.7 Å². The molecule has 1 heterocycles. The van der Waals surface area contributed by atoms with Crippen LogP contribution in [0, 0.1) is 0 Å². The normalized spacial score (nSPS) is 11.6. The maximum Gasteiger partial charge on any atom is 0.332 e. The van der Waals surface area contributed by atoms with Gasteiger partial charge in [-0.1, -0.05) is 0 Å². The molecular weight excluding hydrogens is 212 g/mol. The highest BCUT2D eigenvalue weighted by molar-refractivity contribution is 6.07. The third kappa shape index (κ3) is 3.28. The highest BCUT2D eigenvalue weighted by Crippen LogP contribution is 2.01. The van der Waals surface area contributed by atoms with Crippen molar-refractivity contribution >= 4 is 17.6 Å². The zero-order valence-corrected chi connectivity index (χ0v) is 8.71. The zero-order valence-electron chi connectivity index (χ0n) is 8.71. The summed E-state index contributed by atoms with van der Waals surface area (Å²) in [5.74, 6) is -1.43. The molecule has 0 spiro atoms. The van der Waals surface area contributed by atoms with Crippen LogP contribution >= 0.6 is 0 Å². The second-order valence-corrected chi connectivity index (χ2v) is 2.85. The van der Waals surface area contributed by atoms with Gasteiger partial charge in [-0.15, -0.1) is 0 Å². The summed E-state index contributed by atoms with van der Waals surface area (Å²) in [7, 11) is 0. The van der Waals surface area contributed by atoms with Gasteiger partial charge < -0.3 is 15.8 Å². The predicted octanol–water partition coefficient (Wildman–Crippen LogP) is -0.694. The quantitative estimate of drug-likeness (QED) is 0.517. The highest BCUT2D eigenvalue weighted by atomic mass is 16.5. The van der Waals surface area contributed by atoms with E-state index in [2.05, 4.69) is 20.0 Å². The minimum Gasteiger partial charge on any atom is -0.464 e. The second-order valence-electron chi connectivity index (χ2n) is 2.85. The SMILES string of the molecule is CCOC(=O)C(N)C(=O)Nc1cncnc1. The molecule has 1 unspecified atom stereocenters. The molecule has 16 heavy (non-hydrogen) atoms. The van der Waals surface area contributed by atoms with Crippen LogP contribution < -0.4 is 11.1 Å². The molecule has 0 saturated heterocycles. The first-order chi connectivity index (χ1) is 7.65. The van der Waals surface area contributed by atoms with Crippen molar-refractivity contribution in [3.8, 4) is 0 Å². The van der Waals surface area contributed by atoms with Gasteiger partial charge >= 0.3 is 5.97 Å². The first kappa shape index (κ1) is 12.1. The number of nitrogens with one attached hydrogen (secondary N) is 1. The minimum atomic E-state index is -1.35. The van der Waals surface area contributed by atoms with Crippen LogP contribution in [0.2, 0.25) is 0 Å². The van der Waals surface area contributed by atoms with Gasteiger partial charge in [0.2, 0.25) is 0 Å². The number of ether oxygens (including phenoxy) is 1. The average Bonchev–Trinajstić information content (AvgIpc) is 2.29. The highest BCUT2D eigenvalue weighted by Gasteiger charge is 2.23. The first-order valence-corrected chi connectivity index (χ1v) is 4.63. The van der Waals surface area contributed by atoms with Gasteiger partial charge in [-0.25, -0.2) is 14.8 Å². The zero-order chi connectivity index (χ0) is 12.0. The molecule has 3 N–H and O–H groups in total. The molecule has 0 aliphatic carbocycles. The Morgan fingerprint density at radius 1 is 1.50 bits per heavy atom. The predicted molar refractivity (Wildman–Crippen MR) is 55.3 cm³/mol. The molecule has 0 aromatic carbocycles. The maximum absolute atomic E-state index is 11.4. The van der Waals surface area contributed by atoms with Crippen LogP contribution in [0.5, 0.6) is 0 Å². The molecule has 7 nitrogen and oxygen atoms in total. The summed E-state index contributed by atoms with van der Waals surface area (Å²) in [5.41, 5.74) is 5.74. The lowest BCUT2D eigenvalue weighted by atomic mass is 10.3. The molecule has 1 aromatic heterocycles. The Morgan fingerprint density at radius 3 is 2.69 bits per heavy atom. The van der Waals surface area contributed by atoms with E-state index in [-0.39, 0.29) is 6.61 Å². The number of aromatic nitrogens is 2. The van der Waals surface area contributed by atoms with E-state index >= 15 is 0 Å². The van der Waals surface area contributed by atoms with Gasteiger partial charge in [-0.05, 0) is 6.92 Å². The van der Waals surface area contributed by atoms with Crippen LogP contribution in [0.1, 0.15) is 6.92 Å². The fourth-order valence-electron chi connectivity index (χ4n) is 0.923. The van der Waals surface area contributed by atoms with E-state index < -0.39 is 17.9 Å². The maximum atomic E-state index is 11.4. The summed E-state index contributed by atoms with van der Waals surface area (Å²) in [6.45, 7) is 1.81. The summed E-state index contributed by atoms with van der Waals surface area (Å²) in [6.07, 6.45) is 4.10. The third-order valence-corrected chi connectivity index (χ3v) is 1.65. The van der Waals surface area contributed by atoms with E-state index in [0.717, 1.165) is 0 Å². The Balaban J connectivity index is 2.56. The lowest BCUT2D eigenvalue weighted by Crippen LogP contribution is -2.43. The monoisotopic (exact) mass is 224 g/mol. The van der Waals surface area contributed by atoms with Crippen LogP contribution in [0.15, 0.2) is 18.7 Å². The Morgan fingerprint density at radius 2 is 2.12 bits per heavy atom. The molecule has 1 amide bonds. The van der Waals surface area contributed by atoms with Crippen molar-refractivity contribution in [1.29, 1.82) is 0 Å². The number of hydrogen-bond donors (Lipinski definition) is 2. The van der Waals surface area contributed by atoms with Crippen LogP contribution in [-0.4, -0.2) is 34.5 Å². The van der Waals surface area contributed by atoms with Gasteiger partial charge in [-0.2, -0.15) is 0 Å². The number of rotatable bonds is 4. The van der Waals surface area contributed by atoms with Crippen molar-refractivity contribution in [1.82, 2.24) is 9.97 Å². The summed E-state index contributed by atoms with van der Waals surface area (Å²) in [5, 5.41) is 2.39. The molecular formula is C9H12N4O3. The number of carbonyl (C=O) groups is 2. The van der Waals surface area contributed by atoms with Crippen LogP contribution in [0.4, 0.5) is 5.69 Å². The molecule has 0 bridgehead atoms. The Kier molecular flexibility index (Phi) is 4.34. The fraction of sp³-hybridized carbons (Fsp3) is 0.333. The molecule has 0 aliphatic rings. The van der Waals surface area contributed by atoms with E-state index in [4.69, 9.17) is 5.73 Å². The van der Waals surface area contributed by atoms with Gasteiger partial charge in [0, 0.05) is 0 Å². The second kappa shape index (κ2) is 5.76. The Labute approximate surface area is 92.0 Å². The van der Waals surface area contributed by atoms with Crippen molar-refractivity contribution in [3.05, 3.63) is 18.7 Å². The Hall–Kier alpha value is -2.02. The van der Waals surface area contributed by atoms with Crippen LogP contribution in [-0.2, 0) is 14.3 Å². The number of nitrogens with zero attached hydrogens (tertiary/aromatic N) is 2. The van der Waals surface area contributed by atoms with E-state index in [1.54, 1.807) is 6.92 Å². The van der Waals surface area contributed by atoms with E-state index in [1.807, 2.05) is 0 Å². The molecule has 1 aromatic rings.